The van der Waals surface area contributed by atoms with Crippen LogP contribution in [0.5, 0.6) is 0 Å². The first-order valence-corrected chi connectivity index (χ1v) is 12.6. The zero-order valence-corrected chi connectivity index (χ0v) is 21.6. The highest BCUT2D eigenvalue weighted by Gasteiger charge is 2.71. The molecule has 4 rings (SSSR count). The van der Waals surface area contributed by atoms with E-state index in [0.717, 1.165) is 0 Å². The number of alkyl halides is 2. The molecule has 4 aliphatic rings. The second-order valence-electron chi connectivity index (χ2n) is 12.4. The van der Waals surface area contributed by atoms with Crippen LogP contribution in [0.1, 0.15) is 60.8 Å². The van der Waals surface area contributed by atoms with Crippen LogP contribution in [0, 0.1) is 39.9 Å². The molecule has 0 heterocycles. The van der Waals surface area contributed by atoms with Crippen molar-refractivity contribution in [1.82, 2.24) is 0 Å². The third-order valence-electron chi connectivity index (χ3n) is 9.27. The van der Waals surface area contributed by atoms with Crippen LogP contribution in [0.25, 0.3) is 0 Å². The Kier molecular flexibility index (Phi) is 6.01. The monoisotopic (exact) mass is 494 g/mol. The third-order valence-corrected chi connectivity index (χ3v) is 10.2. The minimum Gasteiger partial charge on any atom is -0.457 e. The number of aliphatic hydroxyl groups excluding tert-OH is 1. The number of allylic oxidation sites excluding steroid dienone is 4. The van der Waals surface area contributed by atoms with Crippen molar-refractivity contribution in [3.8, 4) is 0 Å². The van der Waals surface area contributed by atoms with Gasteiger partial charge in [0, 0.05) is 11.3 Å². The number of carbonyl (C=O) groups is 3. The molecular formula is C27H36ClFO5. The SMILES string of the molecule is CC1CC2C3CC(F)C4=CC(=O)C=C[C@]4(C)[C@@]3(Cl)C(O)C[C@]2(C)C1C(=O)COC(=O)C(C)(C)C. The minimum absolute atomic E-state index is 0.0201. The van der Waals surface area contributed by atoms with E-state index in [-0.39, 0.29) is 48.8 Å². The van der Waals surface area contributed by atoms with E-state index in [4.69, 9.17) is 16.3 Å². The molecule has 6 unspecified atom stereocenters. The molecule has 0 aromatic heterocycles. The number of hydrogen-bond acceptors (Lipinski definition) is 5. The van der Waals surface area contributed by atoms with E-state index in [1.54, 1.807) is 26.8 Å². The van der Waals surface area contributed by atoms with Gasteiger partial charge in [0.2, 0.25) is 0 Å². The van der Waals surface area contributed by atoms with Gasteiger partial charge in [-0.15, -0.1) is 11.6 Å². The maximum atomic E-state index is 15.5. The fraction of sp³-hybridized carbons (Fsp3) is 0.741. The highest BCUT2D eigenvalue weighted by molar-refractivity contribution is 6.26. The van der Waals surface area contributed by atoms with Crippen LogP contribution in [-0.2, 0) is 19.1 Å². The molecule has 3 fully saturated rings. The van der Waals surface area contributed by atoms with E-state index in [0.29, 0.717) is 12.0 Å². The summed E-state index contributed by atoms with van der Waals surface area (Å²) in [5.41, 5.74) is -1.97. The van der Waals surface area contributed by atoms with Gasteiger partial charge in [0.1, 0.15) is 12.8 Å². The molecule has 0 bridgehead atoms. The number of hydrogen-bond donors (Lipinski definition) is 1. The van der Waals surface area contributed by atoms with Crippen LogP contribution >= 0.6 is 11.6 Å². The fourth-order valence-corrected chi connectivity index (χ4v) is 8.19. The third kappa shape index (κ3) is 3.46. The number of ether oxygens (including phenoxy) is 1. The van der Waals surface area contributed by atoms with E-state index in [9.17, 15) is 19.5 Å². The van der Waals surface area contributed by atoms with E-state index in [1.807, 2.05) is 20.8 Å². The molecule has 0 saturated heterocycles. The Labute approximate surface area is 206 Å². The van der Waals surface area contributed by atoms with Crippen LogP contribution in [-0.4, -0.2) is 46.4 Å². The molecule has 0 aliphatic heterocycles. The van der Waals surface area contributed by atoms with Crippen LogP contribution in [0.15, 0.2) is 23.8 Å². The molecule has 3 saturated carbocycles. The maximum Gasteiger partial charge on any atom is 0.311 e. The van der Waals surface area contributed by atoms with Gasteiger partial charge in [-0.1, -0.05) is 26.8 Å². The first-order valence-electron chi connectivity index (χ1n) is 12.2. The zero-order chi connectivity index (χ0) is 25.4. The Morgan fingerprint density at radius 3 is 2.50 bits per heavy atom. The molecule has 0 aromatic carbocycles. The van der Waals surface area contributed by atoms with Gasteiger partial charge in [0.15, 0.2) is 11.6 Å². The number of rotatable bonds is 3. The first kappa shape index (κ1) is 25.6. The molecule has 34 heavy (non-hydrogen) atoms. The Morgan fingerprint density at radius 1 is 1.24 bits per heavy atom. The molecule has 1 N–H and O–H groups in total. The number of carbonyl (C=O) groups excluding carboxylic acids is 3. The standard InChI is InChI=1S/C27H36ClFO5/c1-14-9-16-17-11-19(29)18-10-15(30)7-8-26(18,6)27(17,28)21(32)12-25(16,5)22(14)20(31)13-34-23(33)24(2,3)4/h7-8,10,14,16-17,19,21-22,32H,9,11-13H2,1-6H3/t14?,16?,17?,19?,21?,22?,25-,26-,27-/m0/s1. The summed E-state index contributed by atoms with van der Waals surface area (Å²) in [6, 6.07) is 0. The molecule has 0 spiro atoms. The fourth-order valence-electron chi connectivity index (χ4n) is 7.70. The highest BCUT2D eigenvalue weighted by atomic mass is 35.5. The lowest BCUT2D eigenvalue weighted by molar-refractivity contribution is -0.159. The van der Waals surface area contributed by atoms with Gasteiger partial charge in [-0.2, -0.15) is 0 Å². The smallest absolute Gasteiger partial charge is 0.311 e. The van der Waals surface area contributed by atoms with E-state index in [1.165, 1.54) is 12.2 Å². The molecule has 4 aliphatic carbocycles. The second kappa shape index (κ2) is 7.99. The minimum atomic E-state index is -1.34. The van der Waals surface area contributed by atoms with Gasteiger partial charge >= 0.3 is 5.97 Å². The summed E-state index contributed by atoms with van der Waals surface area (Å²) in [7, 11) is 0. The van der Waals surface area contributed by atoms with E-state index >= 15 is 4.39 Å². The van der Waals surface area contributed by atoms with Gasteiger partial charge in [-0.3, -0.25) is 14.4 Å². The van der Waals surface area contributed by atoms with Crippen LogP contribution < -0.4 is 0 Å². The number of fused-ring (bicyclic) bond motifs is 5. The summed E-state index contributed by atoms with van der Waals surface area (Å²) < 4.78 is 20.9. The largest absolute Gasteiger partial charge is 0.457 e. The molecule has 0 amide bonds. The first-order chi connectivity index (χ1) is 15.6. The molecule has 5 nitrogen and oxygen atoms in total. The Bertz CT molecular complexity index is 982. The van der Waals surface area contributed by atoms with Gasteiger partial charge in [-0.05, 0) is 80.9 Å². The summed E-state index contributed by atoms with van der Waals surface area (Å²) >= 11 is 7.34. The average Bonchev–Trinajstić information content (AvgIpc) is 2.99. The van der Waals surface area contributed by atoms with E-state index < -0.39 is 45.3 Å². The Hall–Kier alpha value is -1.53. The van der Waals surface area contributed by atoms with Crippen molar-refractivity contribution in [2.24, 2.45) is 39.9 Å². The summed E-state index contributed by atoms with van der Waals surface area (Å²) in [4.78, 5) is 36.4. The van der Waals surface area contributed by atoms with Crippen molar-refractivity contribution in [2.45, 2.75) is 78.0 Å². The molecule has 7 heteroatoms. The lowest BCUT2D eigenvalue weighted by Crippen LogP contribution is -2.67. The zero-order valence-electron chi connectivity index (χ0n) is 20.9. The van der Waals surface area contributed by atoms with Gasteiger partial charge in [0.25, 0.3) is 0 Å². The van der Waals surface area contributed by atoms with Crippen molar-refractivity contribution < 1.29 is 28.6 Å². The normalized spacial score (nSPS) is 45.7. The molecule has 0 aromatic rings. The predicted molar refractivity (Wildman–Crippen MR) is 127 cm³/mol. The Balaban J connectivity index is 1.67. The summed E-state index contributed by atoms with van der Waals surface area (Å²) in [6.07, 6.45) is 3.13. The van der Waals surface area contributed by atoms with Crippen LogP contribution in [0.2, 0.25) is 0 Å². The second-order valence-corrected chi connectivity index (χ2v) is 13.1. The lowest BCUT2D eigenvalue weighted by Gasteiger charge is -2.63. The van der Waals surface area contributed by atoms with Crippen molar-refractivity contribution in [3.63, 3.8) is 0 Å². The predicted octanol–water partition coefficient (Wildman–Crippen LogP) is 4.60. The van der Waals surface area contributed by atoms with Crippen molar-refractivity contribution in [3.05, 3.63) is 23.8 Å². The lowest BCUT2D eigenvalue weighted by atomic mass is 9.46. The summed E-state index contributed by atoms with van der Waals surface area (Å²) in [5.74, 6) is -1.77. The van der Waals surface area contributed by atoms with Gasteiger partial charge < -0.3 is 9.84 Å². The van der Waals surface area contributed by atoms with E-state index in [2.05, 4.69) is 0 Å². The van der Waals surface area contributed by atoms with Crippen molar-refractivity contribution >= 4 is 29.1 Å². The molecule has 0 radical (unpaired) electrons. The summed E-state index contributed by atoms with van der Waals surface area (Å²) in [6.45, 7) is 10.7. The molecule has 188 valence electrons. The van der Waals surface area contributed by atoms with Crippen LogP contribution in [0.4, 0.5) is 4.39 Å². The number of halogens is 2. The van der Waals surface area contributed by atoms with Crippen molar-refractivity contribution in [2.75, 3.05) is 6.61 Å². The summed E-state index contributed by atoms with van der Waals surface area (Å²) in [5, 5.41) is 11.5. The van der Waals surface area contributed by atoms with Gasteiger partial charge in [-0.25, -0.2) is 4.39 Å². The number of aliphatic hydroxyl groups is 1. The maximum absolute atomic E-state index is 15.5. The molecular weight excluding hydrogens is 459 g/mol. The van der Waals surface area contributed by atoms with Crippen LogP contribution in [0.3, 0.4) is 0 Å². The quantitative estimate of drug-likeness (QED) is 0.458. The number of esters is 1. The molecule has 9 atom stereocenters. The number of ketones is 2. The topological polar surface area (TPSA) is 80.7 Å². The average molecular weight is 495 g/mol. The van der Waals surface area contributed by atoms with Crippen molar-refractivity contribution in [1.29, 1.82) is 0 Å². The van der Waals surface area contributed by atoms with Gasteiger partial charge in [0.05, 0.1) is 16.4 Å². The highest BCUT2D eigenvalue weighted by Crippen LogP contribution is 2.70. The Morgan fingerprint density at radius 2 is 1.88 bits per heavy atom. The number of Topliss-reactive ketones (excluding diaryl/α,β-unsaturated/α-hetero) is 1.